The standard InChI is InChI=1S/C8H11F3N4/c1-5(7(12)13)3-15-4-6(2-14-15)8(9,10)11/h2,4-5H,3H2,1H3,(H3,12,13). The van der Waals surface area contributed by atoms with E-state index in [0.717, 1.165) is 17.1 Å². The number of nitrogens with two attached hydrogens (primary N) is 1. The Hall–Kier alpha value is -1.53. The number of nitrogens with one attached hydrogen (secondary N) is 1. The molecule has 0 saturated carbocycles. The average Bonchev–Trinajstić information content (AvgIpc) is 2.51. The van der Waals surface area contributed by atoms with Crippen LogP contribution in [0, 0.1) is 11.3 Å². The van der Waals surface area contributed by atoms with Gasteiger partial charge in [0.15, 0.2) is 0 Å². The first kappa shape index (κ1) is 11.5. The van der Waals surface area contributed by atoms with E-state index in [1.807, 2.05) is 0 Å². The van der Waals surface area contributed by atoms with E-state index in [2.05, 4.69) is 5.10 Å². The number of rotatable bonds is 3. The highest BCUT2D eigenvalue weighted by atomic mass is 19.4. The Labute approximate surface area is 84.4 Å². The topological polar surface area (TPSA) is 67.7 Å². The van der Waals surface area contributed by atoms with Crippen LogP contribution in [-0.4, -0.2) is 15.6 Å². The Balaban J connectivity index is 2.73. The van der Waals surface area contributed by atoms with Gasteiger partial charge in [-0.1, -0.05) is 6.92 Å². The van der Waals surface area contributed by atoms with Gasteiger partial charge in [0, 0.05) is 12.1 Å². The van der Waals surface area contributed by atoms with Crippen molar-refractivity contribution in [2.75, 3.05) is 0 Å². The molecule has 3 N–H and O–H groups in total. The zero-order valence-corrected chi connectivity index (χ0v) is 8.04. The Morgan fingerprint density at radius 1 is 1.67 bits per heavy atom. The second-order valence-electron chi connectivity index (χ2n) is 3.31. The number of alkyl halides is 3. The third-order valence-corrected chi connectivity index (χ3v) is 1.95. The SMILES string of the molecule is CC(Cn1cc(C(F)(F)F)cn1)C(=N)N. The minimum Gasteiger partial charge on any atom is -0.387 e. The molecule has 0 aliphatic carbocycles. The third kappa shape index (κ3) is 2.97. The van der Waals surface area contributed by atoms with Gasteiger partial charge in [0.05, 0.1) is 24.1 Å². The van der Waals surface area contributed by atoms with Gasteiger partial charge in [-0.15, -0.1) is 0 Å². The number of halogens is 3. The van der Waals surface area contributed by atoms with Crippen molar-refractivity contribution in [1.82, 2.24) is 9.78 Å². The molecular formula is C8H11F3N4. The van der Waals surface area contributed by atoms with Crippen LogP contribution in [0.1, 0.15) is 12.5 Å². The highest BCUT2D eigenvalue weighted by Gasteiger charge is 2.32. The van der Waals surface area contributed by atoms with Gasteiger partial charge in [-0.25, -0.2) is 0 Å². The molecule has 0 radical (unpaired) electrons. The van der Waals surface area contributed by atoms with E-state index in [4.69, 9.17) is 11.1 Å². The van der Waals surface area contributed by atoms with Crippen molar-refractivity contribution in [3.8, 4) is 0 Å². The number of hydrogen-bond donors (Lipinski definition) is 2. The van der Waals surface area contributed by atoms with E-state index >= 15 is 0 Å². The highest BCUT2D eigenvalue weighted by Crippen LogP contribution is 2.28. The Bertz CT molecular complexity index is 355. The van der Waals surface area contributed by atoms with E-state index in [1.54, 1.807) is 6.92 Å². The van der Waals surface area contributed by atoms with Gasteiger partial charge in [-0.3, -0.25) is 10.1 Å². The lowest BCUT2D eigenvalue weighted by molar-refractivity contribution is -0.137. The zero-order chi connectivity index (χ0) is 11.6. The van der Waals surface area contributed by atoms with Gasteiger partial charge in [0.2, 0.25) is 0 Å². The van der Waals surface area contributed by atoms with Crippen molar-refractivity contribution in [3.05, 3.63) is 18.0 Å². The summed E-state index contributed by atoms with van der Waals surface area (Å²) in [5.74, 6) is -0.398. The van der Waals surface area contributed by atoms with Crippen molar-refractivity contribution in [3.63, 3.8) is 0 Å². The fourth-order valence-corrected chi connectivity index (χ4v) is 0.989. The molecule has 1 atom stereocenters. The Morgan fingerprint density at radius 3 is 2.67 bits per heavy atom. The predicted octanol–water partition coefficient (Wildman–Crippen LogP) is 1.47. The van der Waals surface area contributed by atoms with E-state index in [9.17, 15) is 13.2 Å². The summed E-state index contributed by atoms with van der Waals surface area (Å²) >= 11 is 0. The fourth-order valence-electron chi connectivity index (χ4n) is 0.989. The molecule has 0 aromatic carbocycles. The predicted molar refractivity (Wildman–Crippen MR) is 48.3 cm³/mol. The summed E-state index contributed by atoms with van der Waals surface area (Å²) in [5, 5.41) is 10.6. The maximum atomic E-state index is 12.2. The van der Waals surface area contributed by atoms with Crippen LogP contribution in [0.15, 0.2) is 12.4 Å². The van der Waals surface area contributed by atoms with Crippen LogP contribution < -0.4 is 5.73 Å². The Morgan fingerprint density at radius 2 is 2.27 bits per heavy atom. The first-order valence-electron chi connectivity index (χ1n) is 4.24. The van der Waals surface area contributed by atoms with Crippen molar-refractivity contribution in [2.24, 2.45) is 11.7 Å². The molecule has 1 rings (SSSR count). The summed E-state index contributed by atoms with van der Waals surface area (Å²) in [7, 11) is 0. The van der Waals surface area contributed by atoms with Crippen LogP contribution in [-0.2, 0) is 12.7 Å². The summed E-state index contributed by atoms with van der Waals surface area (Å²) in [4.78, 5) is 0. The lowest BCUT2D eigenvalue weighted by Gasteiger charge is -2.08. The normalized spacial score (nSPS) is 13.9. The molecule has 4 nitrogen and oxygen atoms in total. The van der Waals surface area contributed by atoms with Crippen LogP contribution in [0.25, 0.3) is 0 Å². The first-order valence-corrected chi connectivity index (χ1v) is 4.24. The van der Waals surface area contributed by atoms with Crippen LogP contribution in [0.5, 0.6) is 0 Å². The molecule has 7 heteroatoms. The summed E-state index contributed by atoms with van der Waals surface area (Å²) in [6.45, 7) is 1.82. The summed E-state index contributed by atoms with van der Waals surface area (Å²) in [6, 6.07) is 0. The number of nitrogens with zero attached hydrogens (tertiary/aromatic N) is 2. The van der Waals surface area contributed by atoms with Crippen molar-refractivity contribution in [2.45, 2.75) is 19.6 Å². The van der Waals surface area contributed by atoms with Crippen LogP contribution in [0.2, 0.25) is 0 Å². The molecule has 1 aromatic heterocycles. The van der Waals surface area contributed by atoms with E-state index in [-0.39, 0.29) is 18.3 Å². The minimum atomic E-state index is -4.38. The molecule has 0 saturated heterocycles. The molecule has 15 heavy (non-hydrogen) atoms. The van der Waals surface area contributed by atoms with E-state index < -0.39 is 11.7 Å². The molecule has 84 valence electrons. The van der Waals surface area contributed by atoms with E-state index in [1.165, 1.54) is 0 Å². The van der Waals surface area contributed by atoms with Crippen molar-refractivity contribution >= 4 is 5.84 Å². The van der Waals surface area contributed by atoms with Crippen LogP contribution in [0.3, 0.4) is 0 Å². The van der Waals surface area contributed by atoms with Gasteiger partial charge < -0.3 is 5.73 Å². The minimum absolute atomic E-state index is 0.0703. The summed E-state index contributed by atoms with van der Waals surface area (Å²) in [5.41, 5.74) is 4.40. The second kappa shape index (κ2) is 3.92. The number of hydrogen-bond acceptors (Lipinski definition) is 2. The Kier molecular flexibility index (Phi) is 3.01. The smallest absolute Gasteiger partial charge is 0.387 e. The third-order valence-electron chi connectivity index (χ3n) is 1.95. The molecule has 0 aliphatic rings. The lowest BCUT2D eigenvalue weighted by atomic mass is 10.1. The second-order valence-corrected chi connectivity index (χ2v) is 3.31. The van der Waals surface area contributed by atoms with Gasteiger partial charge in [-0.05, 0) is 0 Å². The molecular weight excluding hydrogens is 209 g/mol. The number of aromatic nitrogens is 2. The largest absolute Gasteiger partial charge is 0.419 e. The summed E-state index contributed by atoms with van der Waals surface area (Å²) < 4.78 is 37.7. The maximum absolute atomic E-state index is 12.2. The average molecular weight is 220 g/mol. The molecule has 1 unspecified atom stereocenters. The fraction of sp³-hybridized carbons (Fsp3) is 0.500. The van der Waals surface area contributed by atoms with Gasteiger partial charge in [0.1, 0.15) is 0 Å². The highest BCUT2D eigenvalue weighted by molar-refractivity contribution is 5.79. The van der Waals surface area contributed by atoms with Gasteiger partial charge in [0.25, 0.3) is 0 Å². The monoisotopic (exact) mass is 220 g/mol. The van der Waals surface area contributed by atoms with Gasteiger partial charge in [-0.2, -0.15) is 18.3 Å². The van der Waals surface area contributed by atoms with Crippen molar-refractivity contribution in [1.29, 1.82) is 5.41 Å². The lowest BCUT2D eigenvalue weighted by Crippen LogP contribution is -2.24. The van der Waals surface area contributed by atoms with Gasteiger partial charge >= 0.3 is 6.18 Å². The molecule has 1 heterocycles. The molecule has 0 bridgehead atoms. The molecule has 1 aromatic rings. The molecule has 0 amide bonds. The molecule has 0 spiro atoms. The van der Waals surface area contributed by atoms with Crippen LogP contribution in [0.4, 0.5) is 13.2 Å². The first-order chi connectivity index (χ1) is 6.80. The van der Waals surface area contributed by atoms with Crippen LogP contribution >= 0.6 is 0 Å². The van der Waals surface area contributed by atoms with Crippen molar-refractivity contribution < 1.29 is 13.2 Å². The zero-order valence-electron chi connectivity index (χ0n) is 8.04. The van der Waals surface area contributed by atoms with E-state index in [0.29, 0.717) is 0 Å². The molecule has 0 fully saturated rings. The molecule has 0 aliphatic heterocycles. The quantitative estimate of drug-likeness (QED) is 0.598. The number of amidine groups is 1. The summed E-state index contributed by atoms with van der Waals surface area (Å²) in [6.07, 6.45) is -2.72. The maximum Gasteiger partial charge on any atom is 0.419 e.